The summed E-state index contributed by atoms with van der Waals surface area (Å²) in [5.74, 6) is 0.658. The lowest BCUT2D eigenvalue weighted by atomic mass is 10.0. The summed E-state index contributed by atoms with van der Waals surface area (Å²) in [6.45, 7) is 2.01. The second-order valence-electron chi connectivity index (χ2n) is 4.27. The number of rotatable bonds is 2. The van der Waals surface area contributed by atoms with E-state index in [9.17, 15) is 0 Å². The molecule has 0 unspecified atom stereocenters. The average molecular weight is 247 g/mol. The molecule has 0 spiro atoms. The zero-order valence-electron chi connectivity index (χ0n) is 10.6. The van der Waals surface area contributed by atoms with Crippen LogP contribution >= 0.6 is 0 Å². The highest BCUT2D eigenvalue weighted by Gasteiger charge is 2.06. The van der Waals surface area contributed by atoms with E-state index < -0.39 is 0 Å². The van der Waals surface area contributed by atoms with Crippen molar-refractivity contribution < 1.29 is 0 Å². The van der Waals surface area contributed by atoms with E-state index in [1.807, 2.05) is 31.2 Å². The third-order valence-corrected chi connectivity index (χ3v) is 2.97. The largest absolute Gasteiger partial charge is 0.249 e. The number of benzene rings is 1. The van der Waals surface area contributed by atoms with Gasteiger partial charge in [0.25, 0.3) is 0 Å². The van der Waals surface area contributed by atoms with E-state index in [1.54, 1.807) is 18.5 Å². The van der Waals surface area contributed by atoms with Gasteiger partial charge in [-0.15, -0.1) is 0 Å². The Hall–Kier alpha value is -2.55. The zero-order chi connectivity index (χ0) is 13.1. The first-order valence-corrected chi connectivity index (χ1v) is 6.15. The first-order chi connectivity index (χ1) is 9.34. The molecule has 0 saturated heterocycles. The topological polar surface area (TPSA) is 38.7 Å². The fourth-order valence-corrected chi connectivity index (χ4v) is 2.04. The lowest BCUT2D eigenvalue weighted by Crippen LogP contribution is -1.94. The van der Waals surface area contributed by atoms with Crippen LogP contribution in [0.1, 0.15) is 5.69 Å². The molecule has 3 nitrogen and oxygen atoms in total. The van der Waals surface area contributed by atoms with Crippen molar-refractivity contribution in [3.05, 3.63) is 66.6 Å². The molecular weight excluding hydrogens is 234 g/mol. The standard InChI is InChI=1S/C16H13N3/c1-12-14(13-6-3-2-4-7-13)8-9-15(19-12)16-17-10-5-11-18-16/h2-11H,1H3. The Balaban J connectivity index is 2.04. The van der Waals surface area contributed by atoms with Gasteiger partial charge >= 0.3 is 0 Å². The third-order valence-electron chi connectivity index (χ3n) is 2.97. The van der Waals surface area contributed by atoms with Gasteiger partial charge < -0.3 is 0 Å². The lowest BCUT2D eigenvalue weighted by Gasteiger charge is -2.07. The first kappa shape index (κ1) is 11.5. The minimum absolute atomic E-state index is 0.658. The van der Waals surface area contributed by atoms with Crippen molar-refractivity contribution >= 4 is 0 Å². The number of aromatic nitrogens is 3. The summed E-state index contributed by atoms with van der Waals surface area (Å²) < 4.78 is 0. The lowest BCUT2D eigenvalue weighted by molar-refractivity contribution is 1.11. The molecular formula is C16H13N3. The predicted molar refractivity (Wildman–Crippen MR) is 75.4 cm³/mol. The highest BCUT2D eigenvalue weighted by Crippen LogP contribution is 2.24. The van der Waals surface area contributed by atoms with Crippen molar-refractivity contribution in [2.24, 2.45) is 0 Å². The molecule has 19 heavy (non-hydrogen) atoms. The maximum absolute atomic E-state index is 4.59. The molecule has 1 aromatic carbocycles. The van der Waals surface area contributed by atoms with E-state index in [-0.39, 0.29) is 0 Å². The summed E-state index contributed by atoms with van der Waals surface area (Å²) in [6, 6.07) is 16.1. The molecule has 0 amide bonds. The summed E-state index contributed by atoms with van der Waals surface area (Å²) in [4.78, 5) is 13.0. The van der Waals surface area contributed by atoms with E-state index >= 15 is 0 Å². The summed E-state index contributed by atoms with van der Waals surface area (Å²) in [7, 11) is 0. The van der Waals surface area contributed by atoms with Crippen molar-refractivity contribution in [1.82, 2.24) is 15.0 Å². The van der Waals surface area contributed by atoms with Crippen molar-refractivity contribution in [3.63, 3.8) is 0 Å². The monoisotopic (exact) mass is 247 g/mol. The van der Waals surface area contributed by atoms with Crippen LogP contribution in [0.25, 0.3) is 22.6 Å². The SMILES string of the molecule is Cc1nc(-c2ncccn2)ccc1-c1ccccc1. The van der Waals surface area contributed by atoms with Crippen molar-refractivity contribution in [2.45, 2.75) is 6.92 Å². The van der Waals surface area contributed by atoms with Crippen LogP contribution in [-0.2, 0) is 0 Å². The fourth-order valence-electron chi connectivity index (χ4n) is 2.04. The van der Waals surface area contributed by atoms with Crippen LogP contribution in [0.15, 0.2) is 60.9 Å². The van der Waals surface area contributed by atoms with Gasteiger partial charge in [-0.05, 0) is 24.6 Å². The fraction of sp³-hybridized carbons (Fsp3) is 0.0625. The quantitative estimate of drug-likeness (QED) is 0.695. The minimum Gasteiger partial charge on any atom is -0.249 e. The Bertz CT molecular complexity index is 679. The first-order valence-electron chi connectivity index (χ1n) is 6.15. The zero-order valence-corrected chi connectivity index (χ0v) is 10.6. The number of aryl methyl sites for hydroxylation is 1. The van der Waals surface area contributed by atoms with Gasteiger partial charge in [0.15, 0.2) is 5.82 Å². The van der Waals surface area contributed by atoms with Crippen LogP contribution in [0.5, 0.6) is 0 Å². The molecule has 3 heteroatoms. The average Bonchev–Trinajstić information content (AvgIpc) is 2.49. The normalized spacial score (nSPS) is 10.4. The molecule has 0 aliphatic rings. The smallest absolute Gasteiger partial charge is 0.178 e. The van der Waals surface area contributed by atoms with Crippen molar-refractivity contribution in [2.75, 3.05) is 0 Å². The van der Waals surface area contributed by atoms with Crippen LogP contribution in [-0.4, -0.2) is 15.0 Å². The van der Waals surface area contributed by atoms with E-state index in [1.165, 1.54) is 5.56 Å². The second-order valence-corrected chi connectivity index (χ2v) is 4.27. The van der Waals surface area contributed by atoms with E-state index in [0.717, 1.165) is 17.0 Å². The van der Waals surface area contributed by atoms with Gasteiger partial charge in [0, 0.05) is 23.7 Å². The predicted octanol–water partition coefficient (Wildman–Crippen LogP) is 3.51. The van der Waals surface area contributed by atoms with Crippen LogP contribution in [0.2, 0.25) is 0 Å². The molecule has 0 aliphatic heterocycles. The minimum atomic E-state index is 0.658. The van der Waals surface area contributed by atoms with Gasteiger partial charge in [-0.2, -0.15) is 0 Å². The summed E-state index contributed by atoms with van der Waals surface area (Å²) in [5.41, 5.74) is 4.10. The van der Waals surface area contributed by atoms with Crippen LogP contribution < -0.4 is 0 Å². The maximum atomic E-state index is 4.59. The number of hydrogen-bond acceptors (Lipinski definition) is 3. The Morgan fingerprint density at radius 3 is 2.21 bits per heavy atom. The van der Waals surface area contributed by atoms with Crippen molar-refractivity contribution in [1.29, 1.82) is 0 Å². The third kappa shape index (κ3) is 2.36. The molecule has 0 bridgehead atoms. The Labute approximate surface area is 112 Å². The van der Waals surface area contributed by atoms with Crippen LogP contribution in [0.4, 0.5) is 0 Å². The summed E-state index contributed by atoms with van der Waals surface area (Å²) in [5, 5.41) is 0. The highest BCUT2D eigenvalue weighted by atomic mass is 14.9. The molecule has 2 aromatic heterocycles. The number of pyridine rings is 1. The Morgan fingerprint density at radius 2 is 1.53 bits per heavy atom. The van der Waals surface area contributed by atoms with Gasteiger partial charge in [-0.1, -0.05) is 36.4 Å². The Morgan fingerprint density at radius 1 is 0.789 bits per heavy atom. The molecule has 0 saturated carbocycles. The van der Waals surface area contributed by atoms with Gasteiger partial charge in [0.1, 0.15) is 5.69 Å². The number of nitrogens with zero attached hydrogens (tertiary/aromatic N) is 3. The van der Waals surface area contributed by atoms with Gasteiger partial charge in [-0.25, -0.2) is 15.0 Å². The van der Waals surface area contributed by atoms with E-state index in [2.05, 4.69) is 33.2 Å². The molecule has 0 atom stereocenters. The molecule has 92 valence electrons. The number of hydrogen-bond donors (Lipinski definition) is 0. The molecule has 0 fully saturated rings. The molecule has 0 radical (unpaired) electrons. The summed E-state index contributed by atoms with van der Waals surface area (Å²) >= 11 is 0. The molecule has 2 heterocycles. The maximum Gasteiger partial charge on any atom is 0.178 e. The van der Waals surface area contributed by atoms with Crippen LogP contribution in [0, 0.1) is 6.92 Å². The second kappa shape index (κ2) is 4.98. The molecule has 3 aromatic rings. The highest BCUT2D eigenvalue weighted by molar-refractivity contribution is 5.67. The van der Waals surface area contributed by atoms with Crippen LogP contribution in [0.3, 0.4) is 0 Å². The van der Waals surface area contributed by atoms with Gasteiger partial charge in [0.2, 0.25) is 0 Å². The molecule has 0 aliphatic carbocycles. The molecule has 3 rings (SSSR count). The van der Waals surface area contributed by atoms with Gasteiger partial charge in [-0.3, -0.25) is 0 Å². The van der Waals surface area contributed by atoms with Crippen molar-refractivity contribution in [3.8, 4) is 22.6 Å². The Kier molecular flexibility index (Phi) is 3.02. The van der Waals surface area contributed by atoms with Gasteiger partial charge in [0.05, 0.1) is 0 Å². The summed E-state index contributed by atoms with van der Waals surface area (Å²) in [6.07, 6.45) is 3.45. The van der Waals surface area contributed by atoms with E-state index in [0.29, 0.717) is 5.82 Å². The van der Waals surface area contributed by atoms with E-state index in [4.69, 9.17) is 0 Å². The molecule has 0 N–H and O–H groups in total.